The summed E-state index contributed by atoms with van der Waals surface area (Å²) in [7, 11) is 0. The summed E-state index contributed by atoms with van der Waals surface area (Å²) in [6, 6.07) is 4.49. The average Bonchev–Trinajstić information content (AvgIpc) is 3.42. The number of amides is 5. The number of hydrogen-bond donors (Lipinski definition) is 2. The topological polar surface area (TPSA) is 128 Å². The maximum absolute atomic E-state index is 13.0. The molecular formula is C28H37N5O6. The van der Waals surface area contributed by atoms with E-state index in [0.717, 1.165) is 32.4 Å². The summed E-state index contributed by atoms with van der Waals surface area (Å²) in [5.41, 5.74) is 1.28. The average molecular weight is 540 g/mol. The third kappa shape index (κ3) is 5.78. The van der Waals surface area contributed by atoms with Crippen LogP contribution in [0, 0.1) is 5.41 Å². The highest BCUT2D eigenvalue weighted by Crippen LogP contribution is 2.41. The van der Waals surface area contributed by atoms with Crippen LogP contribution in [-0.2, 0) is 25.7 Å². The maximum Gasteiger partial charge on any atom is 0.410 e. The number of hydrogen-bond acceptors (Lipinski definition) is 7. The highest BCUT2D eigenvalue weighted by Gasteiger charge is 2.43. The Bertz CT molecular complexity index is 1200. The molecule has 4 aliphatic heterocycles. The number of piperidine rings is 2. The lowest BCUT2D eigenvalue weighted by Gasteiger charge is -2.39. The number of fused-ring (bicyclic) bond motifs is 1. The second kappa shape index (κ2) is 10.3. The van der Waals surface area contributed by atoms with Crippen LogP contribution in [-0.4, -0.2) is 88.8 Å². The summed E-state index contributed by atoms with van der Waals surface area (Å²) in [5, 5.41) is 5.28. The smallest absolute Gasteiger partial charge is 0.410 e. The molecule has 5 rings (SSSR count). The normalized spacial score (nSPS) is 23.2. The Morgan fingerprint density at radius 3 is 2.51 bits per heavy atom. The van der Waals surface area contributed by atoms with Crippen LogP contribution in [0.2, 0.25) is 0 Å². The fourth-order valence-electron chi connectivity index (χ4n) is 6.11. The first-order valence-corrected chi connectivity index (χ1v) is 13.7. The summed E-state index contributed by atoms with van der Waals surface area (Å²) in [4.78, 5) is 67.8. The second-order valence-corrected chi connectivity index (χ2v) is 12.2. The quantitative estimate of drug-likeness (QED) is 0.561. The number of carbonyl (C=O) groups is 5. The Balaban J connectivity index is 1.14. The number of benzene rings is 1. The SMILES string of the molecule is CC(C)(C)OC(=O)N1CCC2(CCN(CC(=O)Nc3cccc4c3CN(C3CCC(=O)NC3=O)C4=O)CC2)C1. The molecule has 11 nitrogen and oxygen atoms in total. The van der Waals surface area contributed by atoms with Gasteiger partial charge in [0.1, 0.15) is 11.6 Å². The van der Waals surface area contributed by atoms with Gasteiger partial charge in [0, 0.05) is 42.9 Å². The van der Waals surface area contributed by atoms with E-state index in [1.165, 1.54) is 4.90 Å². The molecule has 2 N–H and O–H groups in total. The van der Waals surface area contributed by atoms with Gasteiger partial charge in [-0.2, -0.15) is 0 Å². The molecule has 1 aromatic carbocycles. The number of rotatable bonds is 4. The highest BCUT2D eigenvalue weighted by molar-refractivity contribution is 6.06. The van der Waals surface area contributed by atoms with E-state index in [1.807, 2.05) is 25.7 Å². The lowest BCUT2D eigenvalue weighted by molar-refractivity contribution is -0.137. The summed E-state index contributed by atoms with van der Waals surface area (Å²) < 4.78 is 5.54. The minimum absolute atomic E-state index is 0.0734. The third-order valence-electron chi connectivity index (χ3n) is 8.23. The van der Waals surface area contributed by atoms with Gasteiger partial charge in [0.25, 0.3) is 5.91 Å². The molecule has 1 unspecified atom stereocenters. The van der Waals surface area contributed by atoms with Crippen molar-refractivity contribution in [1.82, 2.24) is 20.0 Å². The first kappa shape index (κ1) is 27.1. The zero-order chi connectivity index (χ0) is 27.9. The van der Waals surface area contributed by atoms with E-state index in [1.54, 1.807) is 18.2 Å². The number of nitrogens with zero attached hydrogens (tertiary/aromatic N) is 3. The van der Waals surface area contributed by atoms with Gasteiger partial charge < -0.3 is 19.9 Å². The molecule has 1 aromatic rings. The van der Waals surface area contributed by atoms with Crippen molar-refractivity contribution in [2.24, 2.45) is 5.41 Å². The van der Waals surface area contributed by atoms with Crippen LogP contribution in [0.3, 0.4) is 0 Å². The lowest BCUT2D eigenvalue weighted by Crippen LogP contribution is -2.52. The molecule has 1 spiro atoms. The Labute approximate surface area is 228 Å². The van der Waals surface area contributed by atoms with Gasteiger partial charge in [-0.05, 0) is 77.1 Å². The zero-order valence-electron chi connectivity index (χ0n) is 22.9. The zero-order valence-corrected chi connectivity index (χ0v) is 22.9. The first-order chi connectivity index (χ1) is 18.4. The van der Waals surface area contributed by atoms with Crippen molar-refractivity contribution >= 4 is 35.4 Å². The highest BCUT2D eigenvalue weighted by atomic mass is 16.6. The molecular weight excluding hydrogens is 502 g/mol. The molecule has 3 saturated heterocycles. The van der Waals surface area contributed by atoms with Gasteiger partial charge in [-0.1, -0.05) is 6.07 Å². The third-order valence-corrected chi connectivity index (χ3v) is 8.23. The number of imide groups is 1. The molecule has 0 radical (unpaired) electrons. The summed E-state index contributed by atoms with van der Waals surface area (Å²) in [6.07, 6.45) is 2.99. The van der Waals surface area contributed by atoms with Crippen LogP contribution in [0.5, 0.6) is 0 Å². The largest absolute Gasteiger partial charge is 0.444 e. The fourth-order valence-corrected chi connectivity index (χ4v) is 6.11. The van der Waals surface area contributed by atoms with Gasteiger partial charge in [0.2, 0.25) is 17.7 Å². The Kier molecular flexibility index (Phi) is 7.13. The van der Waals surface area contributed by atoms with Crippen molar-refractivity contribution in [3.05, 3.63) is 29.3 Å². The molecule has 1 atom stereocenters. The van der Waals surface area contributed by atoms with E-state index in [-0.39, 0.29) is 55.2 Å². The van der Waals surface area contributed by atoms with Crippen LogP contribution < -0.4 is 10.6 Å². The molecule has 4 aliphatic rings. The summed E-state index contributed by atoms with van der Waals surface area (Å²) >= 11 is 0. The van der Waals surface area contributed by atoms with Crippen molar-refractivity contribution in [1.29, 1.82) is 0 Å². The van der Waals surface area contributed by atoms with E-state index in [2.05, 4.69) is 15.5 Å². The van der Waals surface area contributed by atoms with E-state index in [9.17, 15) is 24.0 Å². The van der Waals surface area contributed by atoms with Crippen molar-refractivity contribution in [3.8, 4) is 0 Å². The van der Waals surface area contributed by atoms with Crippen LogP contribution in [0.15, 0.2) is 18.2 Å². The molecule has 5 amide bonds. The van der Waals surface area contributed by atoms with Crippen molar-refractivity contribution in [3.63, 3.8) is 0 Å². The molecule has 0 saturated carbocycles. The number of ether oxygens (including phenoxy) is 1. The standard InChI is InChI=1S/C28H37N5O6/c1-27(2,3)39-26(38)32-14-11-28(17-32)9-12-31(13-10-28)16-23(35)29-20-6-4-5-18-19(20)15-33(25(18)37)21-7-8-22(34)30-24(21)36/h4-6,21H,7-17H2,1-3H3,(H,29,35)(H,30,34,36). The van der Waals surface area contributed by atoms with Crippen LogP contribution in [0.4, 0.5) is 10.5 Å². The number of carbonyl (C=O) groups excluding carboxylic acids is 5. The predicted molar refractivity (Wildman–Crippen MR) is 142 cm³/mol. The molecule has 0 bridgehead atoms. The Hall–Kier alpha value is -3.47. The van der Waals surface area contributed by atoms with Gasteiger partial charge in [0.15, 0.2) is 0 Å². The van der Waals surface area contributed by atoms with Gasteiger partial charge >= 0.3 is 6.09 Å². The van der Waals surface area contributed by atoms with Crippen LogP contribution in [0.25, 0.3) is 0 Å². The molecule has 3 fully saturated rings. The Morgan fingerprint density at radius 1 is 1.10 bits per heavy atom. The minimum atomic E-state index is -0.700. The number of likely N-dealkylation sites (tertiary alicyclic amines) is 2. The van der Waals surface area contributed by atoms with Crippen molar-refractivity contribution in [2.45, 2.75) is 71.1 Å². The molecule has 0 aliphatic carbocycles. The van der Waals surface area contributed by atoms with Crippen molar-refractivity contribution < 1.29 is 28.7 Å². The van der Waals surface area contributed by atoms with E-state index in [4.69, 9.17) is 4.74 Å². The molecule has 11 heteroatoms. The maximum atomic E-state index is 13.0. The van der Waals surface area contributed by atoms with Gasteiger partial charge in [-0.15, -0.1) is 0 Å². The number of anilines is 1. The van der Waals surface area contributed by atoms with Crippen LogP contribution in [0.1, 0.15) is 68.8 Å². The number of nitrogens with one attached hydrogen (secondary N) is 2. The summed E-state index contributed by atoms with van der Waals surface area (Å²) in [6.45, 7) is 8.98. The molecule has 4 heterocycles. The monoisotopic (exact) mass is 539 g/mol. The van der Waals surface area contributed by atoms with Crippen LogP contribution >= 0.6 is 0 Å². The molecule has 0 aromatic heterocycles. The van der Waals surface area contributed by atoms with Gasteiger partial charge in [0.05, 0.1) is 6.54 Å². The van der Waals surface area contributed by atoms with E-state index in [0.29, 0.717) is 29.9 Å². The van der Waals surface area contributed by atoms with E-state index >= 15 is 0 Å². The fraction of sp³-hybridized carbons (Fsp3) is 0.607. The lowest BCUT2D eigenvalue weighted by atomic mass is 9.78. The van der Waals surface area contributed by atoms with Crippen molar-refractivity contribution in [2.75, 3.05) is 38.0 Å². The molecule has 39 heavy (non-hydrogen) atoms. The predicted octanol–water partition coefficient (Wildman–Crippen LogP) is 2.11. The first-order valence-electron chi connectivity index (χ1n) is 13.7. The minimum Gasteiger partial charge on any atom is -0.444 e. The van der Waals surface area contributed by atoms with Gasteiger partial charge in [-0.25, -0.2) is 4.79 Å². The van der Waals surface area contributed by atoms with E-state index < -0.39 is 17.6 Å². The Morgan fingerprint density at radius 2 is 1.82 bits per heavy atom. The second-order valence-electron chi connectivity index (χ2n) is 12.2. The summed E-state index contributed by atoms with van der Waals surface area (Å²) in [5.74, 6) is -1.22. The molecule has 210 valence electrons. The van der Waals surface area contributed by atoms with Gasteiger partial charge in [-0.3, -0.25) is 29.4 Å².